The lowest BCUT2D eigenvalue weighted by Crippen LogP contribution is -2.35. The Morgan fingerprint density at radius 1 is 1.35 bits per heavy atom. The van der Waals surface area contributed by atoms with Gasteiger partial charge < -0.3 is 16.4 Å². The van der Waals surface area contributed by atoms with E-state index in [2.05, 4.69) is 0 Å². The molecule has 0 heterocycles. The Bertz CT molecular complexity index is 477. The van der Waals surface area contributed by atoms with Crippen molar-refractivity contribution in [1.29, 1.82) is 0 Å². The topological polar surface area (TPSA) is 89.4 Å². The molecule has 0 radical (unpaired) electrons. The van der Waals surface area contributed by atoms with E-state index in [4.69, 9.17) is 11.5 Å². The van der Waals surface area contributed by atoms with Crippen molar-refractivity contribution < 1.29 is 18.4 Å². The summed E-state index contributed by atoms with van der Waals surface area (Å²) in [5, 5.41) is 0. The van der Waals surface area contributed by atoms with E-state index >= 15 is 0 Å². The van der Waals surface area contributed by atoms with Crippen molar-refractivity contribution in [3.05, 3.63) is 29.3 Å². The number of carbonyl (C=O) groups is 2. The second-order valence-electron chi connectivity index (χ2n) is 3.48. The molecule has 17 heavy (non-hydrogen) atoms. The van der Waals surface area contributed by atoms with Gasteiger partial charge in [-0.3, -0.25) is 9.59 Å². The second-order valence-corrected chi connectivity index (χ2v) is 3.48. The summed E-state index contributed by atoms with van der Waals surface area (Å²) in [7, 11) is 1.24. The molecule has 0 bridgehead atoms. The molecule has 0 fully saturated rings. The summed E-state index contributed by atoms with van der Waals surface area (Å²) in [6.45, 7) is -0.394. The SMILES string of the molecule is CN(CC(N)=O)C(=O)c1cc(F)cc(N)c1F. The summed E-state index contributed by atoms with van der Waals surface area (Å²) in [5.74, 6) is -3.48. The number of nitrogens with two attached hydrogens (primary N) is 2. The quantitative estimate of drug-likeness (QED) is 0.738. The van der Waals surface area contributed by atoms with Crippen LogP contribution in [0.25, 0.3) is 0 Å². The average molecular weight is 243 g/mol. The van der Waals surface area contributed by atoms with Crippen molar-refractivity contribution in [2.75, 3.05) is 19.3 Å². The van der Waals surface area contributed by atoms with Crippen LogP contribution in [0.15, 0.2) is 12.1 Å². The zero-order chi connectivity index (χ0) is 13.2. The van der Waals surface area contributed by atoms with E-state index in [0.717, 1.165) is 11.0 Å². The van der Waals surface area contributed by atoms with E-state index < -0.39 is 41.2 Å². The highest BCUT2D eigenvalue weighted by Gasteiger charge is 2.20. The van der Waals surface area contributed by atoms with Gasteiger partial charge in [-0.25, -0.2) is 8.78 Å². The Labute approximate surface area is 96.0 Å². The third kappa shape index (κ3) is 2.90. The van der Waals surface area contributed by atoms with Gasteiger partial charge in [0.15, 0.2) is 5.82 Å². The molecule has 1 aromatic rings. The fourth-order valence-electron chi connectivity index (χ4n) is 1.28. The van der Waals surface area contributed by atoms with Crippen LogP contribution in [0.4, 0.5) is 14.5 Å². The molecule has 0 saturated carbocycles. The van der Waals surface area contributed by atoms with Crippen LogP contribution in [0, 0.1) is 11.6 Å². The number of hydrogen-bond acceptors (Lipinski definition) is 3. The fourth-order valence-corrected chi connectivity index (χ4v) is 1.28. The molecular formula is C10H11F2N3O2. The van der Waals surface area contributed by atoms with E-state index in [9.17, 15) is 18.4 Å². The first-order valence-corrected chi connectivity index (χ1v) is 4.61. The predicted octanol–water partition coefficient (Wildman–Crippen LogP) is 0.104. The lowest BCUT2D eigenvalue weighted by atomic mass is 10.1. The Balaban J connectivity index is 3.08. The lowest BCUT2D eigenvalue weighted by molar-refractivity contribution is -0.118. The second kappa shape index (κ2) is 4.77. The molecule has 7 heteroatoms. The minimum Gasteiger partial charge on any atom is -0.396 e. The molecular weight excluding hydrogens is 232 g/mol. The van der Waals surface area contributed by atoms with E-state index in [1.165, 1.54) is 7.05 Å². The van der Waals surface area contributed by atoms with Gasteiger partial charge in [-0.1, -0.05) is 0 Å². The molecule has 2 amide bonds. The Morgan fingerprint density at radius 3 is 2.47 bits per heavy atom. The van der Waals surface area contributed by atoms with E-state index in [0.29, 0.717) is 6.07 Å². The van der Waals surface area contributed by atoms with Gasteiger partial charge in [0, 0.05) is 7.05 Å². The van der Waals surface area contributed by atoms with Crippen LogP contribution in [-0.4, -0.2) is 30.3 Å². The first kappa shape index (κ1) is 12.9. The molecule has 1 aromatic carbocycles. The molecule has 0 aromatic heterocycles. The van der Waals surface area contributed by atoms with Crippen molar-refractivity contribution >= 4 is 17.5 Å². The van der Waals surface area contributed by atoms with Gasteiger partial charge in [0.2, 0.25) is 5.91 Å². The number of primary amides is 1. The monoisotopic (exact) mass is 243 g/mol. The normalized spacial score (nSPS) is 10.1. The number of anilines is 1. The highest BCUT2D eigenvalue weighted by molar-refractivity contribution is 5.97. The van der Waals surface area contributed by atoms with Crippen LogP contribution in [0.1, 0.15) is 10.4 Å². The molecule has 92 valence electrons. The van der Waals surface area contributed by atoms with Crippen molar-refractivity contribution in [2.24, 2.45) is 5.73 Å². The van der Waals surface area contributed by atoms with Gasteiger partial charge in [0.05, 0.1) is 17.8 Å². The molecule has 0 spiro atoms. The first-order chi connectivity index (χ1) is 7.82. The van der Waals surface area contributed by atoms with E-state index in [1.807, 2.05) is 0 Å². The molecule has 5 nitrogen and oxygen atoms in total. The average Bonchev–Trinajstić information content (AvgIpc) is 2.21. The Hall–Kier alpha value is -2.18. The minimum atomic E-state index is -1.02. The minimum absolute atomic E-state index is 0.394. The van der Waals surface area contributed by atoms with Crippen LogP contribution in [0.2, 0.25) is 0 Å². The van der Waals surface area contributed by atoms with Gasteiger partial charge in [0.25, 0.3) is 5.91 Å². The molecule has 0 aliphatic carbocycles. The lowest BCUT2D eigenvalue weighted by Gasteiger charge is -2.15. The number of likely N-dealkylation sites (N-methyl/N-ethyl adjacent to an activating group) is 1. The van der Waals surface area contributed by atoms with E-state index in [-0.39, 0.29) is 0 Å². The predicted molar refractivity (Wildman–Crippen MR) is 56.9 cm³/mol. The molecule has 0 aliphatic rings. The summed E-state index contributed by atoms with van der Waals surface area (Å²) in [4.78, 5) is 23.1. The zero-order valence-electron chi connectivity index (χ0n) is 9.04. The van der Waals surface area contributed by atoms with Gasteiger partial charge in [-0.2, -0.15) is 0 Å². The smallest absolute Gasteiger partial charge is 0.257 e. The number of nitrogen functional groups attached to an aromatic ring is 1. The molecule has 0 unspecified atom stereocenters. The third-order valence-electron chi connectivity index (χ3n) is 2.04. The summed E-state index contributed by atoms with van der Waals surface area (Å²) in [6, 6.07) is 1.48. The highest BCUT2D eigenvalue weighted by atomic mass is 19.1. The highest BCUT2D eigenvalue weighted by Crippen LogP contribution is 2.18. The van der Waals surface area contributed by atoms with Gasteiger partial charge >= 0.3 is 0 Å². The maximum Gasteiger partial charge on any atom is 0.257 e. The van der Waals surface area contributed by atoms with Crippen LogP contribution in [0.5, 0.6) is 0 Å². The van der Waals surface area contributed by atoms with Gasteiger partial charge in [-0.15, -0.1) is 0 Å². The zero-order valence-corrected chi connectivity index (χ0v) is 9.04. The van der Waals surface area contributed by atoms with Crippen molar-refractivity contribution in [1.82, 2.24) is 4.90 Å². The number of hydrogen-bond donors (Lipinski definition) is 2. The summed E-state index contributed by atoms with van der Waals surface area (Å²) in [5.41, 5.74) is 9.06. The number of halogens is 2. The molecule has 1 rings (SSSR count). The maximum absolute atomic E-state index is 13.5. The van der Waals surface area contributed by atoms with Crippen LogP contribution < -0.4 is 11.5 Å². The van der Waals surface area contributed by atoms with Gasteiger partial charge in [0.1, 0.15) is 5.82 Å². The van der Waals surface area contributed by atoms with Crippen LogP contribution >= 0.6 is 0 Å². The van der Waals surface area contributed by atoms with Gasteiger partial charge in [-0.05, 0) is 12.1 Å². The summed E-state index contributed by atoms with van der Waals surface area (Å²) < 4.78 is 26.5. The molecule has 0 aliphatic heterocycles. The number of nitrogens with zero attached hydrogens (tertiary/aromatic N) is 1. The number of amides is 2. The number of carbonyl (C=O) groups excluding carboxylic acids is 2. The summed E-state index contributed by atoms with van der Waals surface area (Å²) >= 11 is 0. The van der Waals surface area contributed by atoms with Crippen LogP contribution in [-0.2, 0) is 4.79 Å². The third-order valence-corrected chi connectivity index (χ3v) is 2.04. The van der Waals surface area contributed by atoms with Crippen molar-refractivity contribution in [3.63, 3.8) is 0 Å². The standard InChI is InChI=1S/C10H11F2N3O2/c1-15(4-8(14)16)10(17)6-2-5(11)3-7(13)9(6)12/h2-3H,4,13H2,1H3,(H2,14,16). The largest absolute Gasteiger partial charge is 0.396 e. The number of rotatable bonds is 3. The maximum atomic E-state index is 13.5. The summed E-state index contributed by atoms with van der Waals surface area (Å²) in [6.07, 6.45) is 0. The van der Waals surface area contributed by atoms with Crippen LogP contribution in [0.3, 0.4) is 0 Å². The number of benzene rings is 1. The molecule has 4 N–H and O–H groups in total. The van der Waals surface area contributed by atoms with Crippen molar-refractivity contribution in [3.8, 4) is 0 Å². The van der Waals surface area contributed by atoms with E-state index in [1.54, 1.807) is 0 Å². The first-order valence-electron chi connectivity index (χ1n) is 4.61. The van der Waals surface area contributed by atoms with Crippen molar-refractivity contribution in [2.45, 2.75) is 0 Å². The fraction of sp³-hybridized carbons (Fsp3) is 0.200. The molecule has 0 atom stereocenters. The Morgan fingerprint density at radius 2 is 1.94 bits per heavy atom. The Kier molecular flexibility index (Phi) is 3.62. The molecule has 0 saturated heterocycles.